The topological polar surface area (TPSA) is 97.5 Å². The molecule has 0 saturated heterocycles. The van der Waals surface area contributed by atoms with Gasteiger partial charge in [0.05, 0.1) is 11.4 Å². The Kier molecular flexibility index (Phi) is 5.83. The van der Waals surface area contributed by atoms with E-state index in [1.807, 2.05) is 12.1 Å². The van der Waals surface area contributed by atoms with Crippen LogP contribution in [-0.4, -0.2) is 41.1 Å². The first-order chi connectivity index (χ1) is 15.0. The number of hydrogen-bond donors (Lipinski definition) is 1. The summed E-state index contributed by atoms with van der Waals surface area (Å²) in [6, 6.07) is 8.13. The van der Waals surface area contributed by atoms with Gasteiger partial charge in [-0.05, 0) is 30.0 Å². The number of anilines is 1. The molecule has 0 aliphatic heterocycles. The van der Waals surface area contributed by atoms with Gasteiger partial charge in [0.1, 0.15) is 18.2 Å². The summed E-state index contributed by atoms with van der Waals surface area (Å²) in [5.74, 6) is 0.964. The average Bonchev–Trinajstić information content (AvgIpc) is 3.37. The molecule has 9 heteroatoms. The number of aromatic amines is 1. The lowest BCUT2D eigenvalue weighted by molar-refractivity contribution is 0.599. The van der Waals surface area contributed by atoms with Crippen LogP contribution in [0.15, 0.2) is 41.7 Å². The van der Waals surface area contributed by atoms with Gasteiger partial charge in [0.2, 0.25) is 5.95 Å². The van der Waals surface area contributed by atoms with Crippen molar-refractivity contribution in [2.24, 2.45) is 13.0 Å². The van der Waals surface area contributed by atoms with Crippen LogP contribution < -0.4 is 10.5 Å². The Morgan fingerprint density at radius 1 is 1.26 bits per heavy atom. The molecular weight excluding hydrogens is 392 g/mol. The number of aryl methyl sites for hydroxylation is 2. The standard InChI is InChI=1S/C22H28N8O/c1-5-7-18-19-20(28(4)27-18)21(31)26-22(25-19)29(11-15(2)3)12-16-8-6-9-17(10-16)30-14-23-13-24-30/h6,8-10,13-15H,5,7,11-12H2,1-4H3,(H,25,26,31). The van der Waals surface area contributed by atoms with Gasteiger partial charge >= 0.3 is 0 Å². The van der Waals surface area contributed by atoms with Gasteiger partial charge in [-0.15, -0.1) is 0 Å². The summed E-state index contributed by atoms with van der Waals surface area (Å²) in [6.07, 6.45) is 4.93. The minimum Gasteiger partial charge on any atom is -0.338 e. The van der Waals surface area contributed by atoms with Gasteiger partial charge in [0, 0.05) is 20.1 Å². The van der Waals surface area contributed by atoms with Crippen LogP contribution in [0.5, 0.6) is 0 Å². The van der Waals surface area contributed by atoms with Crippen LogP contribution in [0.2, 0.25) is 0 Å². The maximum Gasteiger partial charge on any atom is 0.278 e. The van der Waals surface area contributed by atoms with E-state index in [4.69, 9.17) is 4.98 Å². The molecule has 0 aliphatic rings. The largest absolute Gasteiger partial charge is 0.338 e. The van der Waals surface area contributed by atoms with Gasteiger partial charge in [-0.1, -0.05) is 39.3 Å². The summed E-state index contributed by atoms with van der Waals surface area (Å²) in [4.78, 5) is 26.9. The fourth-order valence-corrected chi connectivity index (χ4v) is 3.82. The number of nitrogens with zero attached hydrogens (tertiary/aromatic N) is 7. The molecule has 31 heavy (non-hydrogen) atoms. The van der Waals surface area contributed by atoms with E-state index in [0.29, 0.717) is 29.4 Å². The Balaban J connectivity index is 1.73. The summed E-state index contributed by atoms with van der Waals surface area (Å²) in [6.45, 7) is 7.77. The predicted octanol–water partition coefficient (Wildman–Crippen LogP) is 2.85. The lowest BCUT2D eigenvalue weighted by Gasteiger charge is -2.25. The van der Waals surface area contributed by atoms with Crippen LogP contribution in [-0.2, 0) is 20.0 Å². The molecule has 0 fully saturated rings. The zero-order valence-corrected chi connectivity index (χ0v) is 18.4. The minimum atomic E-state index is -0.164. The molecule has 0 saturated carbocycles. The summed E-state index contributed by atoms with van der Waals surface area (Å²) in [5.41, 5.74) is 3.94. The van der Waals surface area contributed by atoms with Crippen LogP contribution in [0.1, 0.15) is 38.4 Å². The third kappa shape index (κ3) is 4.35. The fourth-order valence-electron chi connectivity index (χ4n) is 3.82. The van der Waals surface area contributed by atoms with E-state index >= 15 is 0 Å². The molecule has 0 spiro atoms. The van der Waals surface area contributed by atoms with Gasteiger partial charge in [-0.25, -0.2) is 14.6 Å². The number of aromatic nitrogens is 7. The Morgan fingerprint density at radius 2 is 2.10 bits per heavy atom. The summed E-state index contributed by atoms with van der Waals surface area (Å²) >= 11 is 0. The second kappa shape index (κ2) is 8.71. The minimum absolute atomic E-state index is 0.164. The van der Waals surface area contributed by atoms with E-state index in [1.54, 1.807) is 22.7 Å². The number of fused-ring (bicyclic) bond motifs is 1. The molecule has 3 heterocycles. The molecule has 0 unspecified atom stereocenters. The van der Waals surface area contributed by atoms with E-state index < -0.39 is 0 Å². The third-order valence-electron chi connectivity index (χ3n) is 5.09. The smallest absolute Gasteiger partial charge is 0.278 e. The highest BCUT2D eigenvalue weighted by molar-refractivity contribution is 5.77. The van der Waals surface area contributed by atoms with Gasteiger partial charge in [-0.3, -0.25) is 14.5 Å². The van der Waals surface area contributed by atoms with E-state index in [9.17, 15) is 4.79 Å². The number of hydrogen-bond acceptors (Lipinski definition) is 6. The molecular formula is C22H28N8O. The summed E-state index contributed by atoms with van der Waals surface area (Å²) in [7, 11) is 1.79. The van der Waals surface area contributed by atoms with Crippen molar-refractivity contribution in [2.45, 2.75) is 40.2 Å². The highest BCUT2D eigenvalue weighted by Gasteiger charge is 2.18. The zero-order valence-electron chi connectivity index (χ0n) is 18.4. The number of rotatable bonds is 8. The Labute approximate surface area is 180 Å². The molecule has 0 radical (unpaired) electrons. The molecule has 3 aromatic heterocycles. The van der Waals surface area contributed by atoms with Crippen molar-refractivity contribution in [3.63, 3.8) is 0 Å². The van der Waals surface area contributed by atoms with Crippen molar-refractivity contribution in [3.05, 3.63) is 58.5 Å². The van der Waals surface area contributed by atoms with Gasteiger partial charge in [-0.2, -0.15) is 10.2 Å². The first-order valence-electron chi connectivity index (χ1n) is 10.6. The van der Waals surface area contributed by atoms with Crippen LogP contribution in [0.3, 0.4) is 0 Å². The number of H-pyrrole nitrogens is 1. The maximum absolute atomic E-state index is 12.9. The molecule has 1 aromatic carbocycles. The lowest BCUT2D eigenvalue weighted by Crippen LogP contribution is -2.31. The summed E-state index contributed by atoms with van der Waals surface area (Å²) < 4.78 is 3.36. The predicted molar refractivity (Wildman–Crippen MR) is 120 cm³/mol. The molecule has 162 valence electrons. The van der Waals surface area contributed by atoms with Gasteiger partial charge in [0.15, 0.2) is 5.52 Å². The van der Waals surface area contributed by atoms with E-state index in [-0.39, 0.29) is 5.56 Å². The molecule has 0 bridgehead atoms. The molecule has 1 N–H and O–H groups in total. The van der Waals surface area contributed by atoms with E-state index in [2.05, 4.69) is 58.0 Å². The van der Waals surface area contributed by atoms with Gasteiger partial charge < -0.3 is 4.90 Å². The van der Waals surface area contributed by atoms with E-state index in [0.717, 1.165) is 36.3 Å². The van der Waals surface area contributed by atoms with Crippen LogP contribution in [0.4, 0.5) is 5.95 Å². The van der Waals surface area contributed by atoms with Crippen LogP contribution >= 0.6 is 0 Å². The Hall–Kier alpha value is -3.49. The van der Waals surface area contributed by atoms with Crippen molar-refractivity contribution in [1.29, 1.82) is 0 Å². The van der Waals surface area contributed by atoms with Crippen molar-refractivity contribution in [1.82, 2.24) is 34.5 Å². The van der Waals surface area contributed by atoms with Gasteiger partial charge in [0.25, 0.3) is 5.56 Å². The maximum atomic E-state index is 12.9. The van der Waals surface area contributed by atoms with Crippen molar-refractivity contribution < 1.29 is 0 Å². The van der Waals surface area contributed by atoms with Crippen molar-refractivity contribution in [2.75, 3.05) is 11.4 Å². The van der Waals surface area contributed by atoms with E-state index in [1.165, 1.54) is 6.33 Å². The highest BCUT2D eigenvalue weighted by atomic mass is 16.1. The molecule has 0 atom stereocenters. The molecule has 9 nitrogen and oxygen atoms in total. The van der Waals surface area contributed by atoms with Crippen LogP contribution in [0, 0.1) is 5.92 Å². The third-order valence-corrected chi connectivity index (χ3v) is 5.09. The Morgan fingerprint density at radius 3 is 2.81 bits per heavy atom. The quantitative estimate of drug-likeness (QED) is 0.471. The normalized spacial score (nSPS) is 11.5. The number of nitrogens with one attached hydrogen (secondary N) is 1. The van der Waals surface area contributed by atoms with Crippen LogP contribution in [0.25, 0.3) is 16.7 Å². The SMILES string of the molecule is CCCc1nn(C)c2c(=O)[nH]c(N(Cc3cccc(-n4cncn4)c3)CC(C)C)nc12. The van der Waals surface area contributed by atoms with Crippen molar-refractivity contribution in [3.8, 4) is 5.69 Å². The Bertz CT molecular complexity index is 1220. The zero-order chi connectivity index (χ0) is 22.0. The lowest BCUT2D eigenvalue weighted by atomic mass is 10.1. The first kappa shape index (κ1) is 20.8. The second-order valence-electron chi connectivity index (χ2n) is 8.19. The second-order valence-corrected chi connectivity index (χ2v) is 8.19. The molecule has 4 rings (SSSR count). The highest BCUT2D eigenvalue weighted by Crippen LogP contribution is 2.20. The fraction of sp³-hybridized carbons (Fsp3) is 0.409. The monoisotopic (exact) mass is 420 g/mol. The number of benzene rings is 1. The average molecular weight is 421 g/mol. The molecule has 0 amide bonds. The van der Waals surface area contributed by atoms with Crippen molar-refractivity contribution >= 4 is 17.0 Å². The molecule has 4 aromatic rings. The first-order valence-corrected chi connectivity index (χ1v) is 10.6. The summed E-state index contributed by atoms with van der Waals surface area (Å²) in [5, 5.41) is 8.74. The molecule has 0 aliphatic carbocycles.